The van der Waals surface area contributed by atoms with Crippen molar-refractivity contribution in [3.8, 4) is 0 Å². The van der Waals surface area contributed by atoms with E-state index in [1.54, 1.807) is 0 Å². The Morgan fingerprint density at radius 1 is 1.53 bits per heavy atom. The van der Waals surface area contributed by atoms with Gasteiger partial charge in [0.25, 0.3) is 0 Å². The van der Waals surface area contributed by atoms with Crippen molar-refractivity contribution in [2.75, 3.05) is 0 Å². The molecule has 1 rings (SSSR count). The molecule has 1 fully saturated rings. The van der Waals surface area contributed by atoms with Crippen LogP contribution in [0.1, 0.15) is 59.3 Å². The SMILES string of the molecule is C=C(C)[C@@H]1CC[C@@](C)(CCCC)C[C@H]1O. The van der Waals surface area contributed by atoms with E-state index in [0.29, 0.717) is 11.3 Å². The minimum Gasteiger partial charge on any atom is -0.392 e. The summed E-state index contributed by atoms with van der Waals surface area (Å²) in [5, 5.41) is 10.1. The Balaban J connectivity index is 2.52. The molecular weight excluding hydrogens is 184 g/mol. The van der Waals surface area contributed by atoms with Crippen LogP contribution in [0.3, 0.4) is 0 Å². The Morgan fingerprint density at radius 3 is 2.67 bits per heavy atom. The first-order chi connectivity index (χ1) is 6.98. The number of aliphatic hydroxyl groups excluding tert-OH is 1. The van der Waals surface area contributed by atoms with E-state index in [1.807, 2.05) is 6.92 Å². The van der Waals surface area contributed by atoms with Gasteiger partial charge in [-0.15, -0.1) is 0 Å². The molecular formula is C14H26O. The van der Waals surface area contributed by atoms with Crippen molar-refractivity contribution < 1.29 is 5.11 Å². The van der Waals surface area contributed by atoms with E-state index in [-0.39, 0.29) is 6.10 Å². The average Bonchev–Trinajstić information content (AvgIpc) is 2.14. The zero-order valence-electron chi connectivity index (χ0n) is 10.6. The quantitative estimate of drug-likeness (QED) is 0.697. The van der Waals surface area contributed by atoms with Gasteiger partial charge in [0.1, 0.15) is 0 Å². The molecule has 0 aliphatic heterocycles. The summed E-state index contributed by atoms with van der Waals surface area (Å²) in [6, 6.07) is 0. The fraction of sp³-hybridized carbons (Fsp3) is 0.857. The fourth-order valence-electron chi connectivity index (χ4n) is 2.85. The van der Waals surface area contributed by atoms with E-state index in [9.17, 15) is 5.11 Å². The molecule has 1 heteroatoms. The summed E-state index contributed by atoms with van der Waals surface area (Å²) in [5.74, 6) is 0.347. The predicted octanol–water partition coefficient (Wildman–Crippen LogP) is 3.92. The maximum Gasteiger partial charge on any atom is 0.0610 e. The molecule has 3 atom stereocenters. The number of aliphatic hydroxyl groups is 1. The number of rotatable bonds is 4. The number of hydrogen-bond donors (Lipinski definition) is 1. The van der Waals surface area contributed by atoms with Crippen molar-refractivity contribution in [1.29, 1.82) is 0 Å². The number of unbranched alkanes of at least 4 members (excludes halogenated alkanes) is 1. The van der Waals surface area contributed by atoms with Gasteiger partial charge >= 0.3 is 0 Å². The van der Waals surface area contributed by atoms with Gasteiger partial charge in [0.05, 0.1) is 6.10 Å². The summed E-state index contributed by atoms with van der Waals surface area (Å²) in [4.78, 5) is 0. The highest BCUT2D eigenvalue weighted by Crippen LogP contribution is 2.43. The minimum atomic E-state index is -0.155. The molecule has 0 radical (unpaired) electrons. The molecule has 0 spiro atoms. The van der Waals surface area contributed by atoms with Crippen LogP contribution < -0.4 is 0 Å². The van der Waals surface area contributed by atoms with Gasteiger partial charge in [-0.05, 0) is 38.0 Å². The topological polar surface area (TPSA) is 20.2 Å². The Bertz CT molecular complexity index is 221. The monoisotopic (exact) mass is 210 g/mol. The molecule has 0 aromatic heterocycles. The Morgan fingerprint density at radius 2 is 2.20 bits per heavy atom. The van der Waals surface area contributed by atoms with Crippen LogP contribution in [0.15, 0.2) is 12.2 Å². The molecule has 0 aromatic carbocycles. The van der Waals surface area contributed by atoms with Crippen molar-refractivity contribution in [3.63, 3.8) is 0 Å². The zero-order valence-corrected chi connectivity index (χ0v) is 10.6. The number of hydrogen-bond acceptors (Lipinski definition) is 1. The van der Waals surface area contributed by atoms with Crippen molar-refractivity contribution in [1.82, 2.24) is 0 Å². The van der Waals surface area contributed by atoms with Crippen LogP contribution in [-0.2, 0) is 0 Å². The molecule has 1 nitrogen and oxygen atoms in total. The highest BCUT2D eigenvalue weighted by molar-refractivity contribution is 5.03. The molecule has 0 amide bonds. The minimum absolute atomic E-state index is 0.155. The van der Waals surface area contributed by atoms with Crippen molar-refractivity contribution in [2.45, 2.75) is 65.4 Å². The summed E-state index contributed by atoms with van der Waals surface area (Å²) < 4.78 is 0. The van der Waals surface area contributed by atoms with Crippen LogP contribution in [0, 0.1) is 11.3 Å². The van der Waals surface area contributed by atoms with E-state index in [2.05, 4.69) is 20.4 Å². The summed E-state index contributed by atoms with van der Waals surface area (Å²) in [5.41, 5.74) is 1.53. The van der Waals surface area contributed by atoms with E-state index >= 15 is 0 Å². The maximum absolute atomic E-state index is 10.1. The summed E-state index contributed by atoms with van der Waals surface area (Å²) in [6.07, 6.45) is 7.00. The third kappa shape index (κ3) is 3.34. The second kappa shape index (κ2) is 5.16. The lowest BCUT2D eigenvalue weighted by atomic mass is 9.66. The lowest BCUT2D eigenvalue weighted by molar-refractivity contribution is 0.0173. The highest BCUT2D eigenvalue weighted by Gasteiger charge is 2.36. The molecule has 0 aromatic rings. The molecule has 0 heterocycles. The Hall–Kier alpha value is -0.300. The lowest BCUT2D eigenvalue weighted by Gasteiger charge is -2.41. The second-order valence-electron chi connectivity index (χ2n) is 5.68. The van der Waals surface area contributed by atoms with E-state index in [0.717, 1.165) is 18.4 Å². The third-order valence-electron chi connectivity index (χ3n) is 3.99. The molecule has 0 bridgehead atoms. The van der Waals surface area contributed by atoms with Gasteiger partial charge in [-0.1, -0.05) is 38.8 Å². The standard InChI is InChI=1S/C14H26O/c1-5-6-8-14(4)9-7-12(11(2)3)13(15)10-14/h12-13,15H,2,5-10H2,1,3-4H3/t12-,13+,14+/m0/s1. The smallest absolute Gasteiger partial charge is 0.0610 e. The second-order valence-corrected chi connectivity index (χ2v) is 5.68. The van der Waals surface area contributed by atoms with Gasteiger partial charge < -0.3 is 5.11 Å². The molecule has 0 unspecified atom stereocenters. The zero-order chi connectivity index (χ0) is 11.5. The fourth-order valence-corrected chi connectivity index (χ4v) is 2.85. The first-order valence-electron chi connectivity index (χ1n) is 6.32. The average molecular weight is 210 g/mol. The summed E-state index contributed by atoms with van der Waals surface area (Å²) in [6.45, 7) is 10.6. The Labute approximate surface area is 94.6 Å². The largest absolute Gasteiger partial charge is 0.392 e. The van der Waals surface area contributed by atoms with Crippen LogP contribution in [-0.4, -0.2) is 11.2 Å². The molecule has 15 heavy (non-hydrogen) atoms. The van der Waals surface area contributed by atoms with Crippen LogP contribution in [0.4, 0.5) is 0 Å². The summed E-state index contributed by atoms with van der Waals surface area (Å²) >= 11 is 0. The van der Waals surface area contributed by atoms with E-state index in [1.165, 1.54) is 25.7 Å². The van der Waals surface area contributed by atoms with Crippen molar-refractivity contribution >= 4 is 0 Å². The van der Waals surface area contributed by atoms with Crippen molar-refractivity contribution in [2.24, 2.45) is 11.3 Å². The van der Waals surface area contributed by atoms with Gasteiger partial charge in [-0.25, -0.2) is 0 Å². The maximum atomic E-state index is 10.1. The molecule has 1 aliphatic rings. The Kier molecular flexibility index (Phi) is 4.39. The van der Waals surface area contributed by atoms with Gasteiger partial charge in [0.2, 0.25) is 0 Å². The lowest BCUT2D eigenvalue weighted by Crippen LogP contribution is -2.35. The molecule has 0 saturated heterocycles. The first kappa shape index (κ1) is 12.8. The highest BCUT2D eigenvalue weighted by atomic mass is 16.3. The normalized spacial score (nSPS) is 36.5. The van der Waals surface area contributed by atoms with E-state index < -0.39 is 0 Å². The summed E-state index contributed by atoms with van der Waals surface area (Å²) in [7, 11) is 0. The molecule has 1 aliphatic carbocycles. The van der Waals surface area contributed by atoms with Gasteiger partial charge in [0, 0.05) is 5.92 Å². The molecule has 1 N–H and O–H groups in total. The van der Waals surface area contributed by atoms with Crippen molar-refractivity contribution in [3.05, 3.63) is 12.2 Å². The van der Waals surface area contributed by atoms with Crippen LogP contribution in [0.2, 0.25) is 0 Å². The van der Waals surface area contributed by atoms with Gasteiger partial charge in [-0.2, -0.15) is 0 Å². The van der Waals surface area contributed by atoms with E-state index in [4.69, 9.17) is 0 Å². The first-order valence-corrected chi connectivity index (χ1v) is 6.32. The third-order valence-corrected chi connectivity index (χ3v) is 3.99. The molecule has 1 saturated carbocycles. The van der Waals surface area contributed by atoms with Gasteiger partial charge in [-0.3, -0.25) is 0 Å². The van der Waals surface area contributed by atoms with Crippen LogP contribution >= 0.6 is 0 Å². The molecule has 88 valence electrons. The predicted molar refractivity (Wildman–Crippen MR) is 65.8 cm³/mol. The van der Waals surface area contributed by atoms with Crippen LogP contribution in [0.5, 0.6) is 0 Å². The van der Waals surface area contributed by atoms with Crippen LogP contribution in [0.25, 0.3) is 0 Å². The van der Waals surface area contributed by atoms with Gasteiger partial charge in [0.15, 0.2) is 0 Å².